The van der Waals surface area contributed by atoms with Crippen LogP contribution in [0.5, 0.6) is 0 Å². The molecule has 0 aliphatic carbocycles. The molecule has 2 amide bonds. The molecular formula is C29H56Cl4N2O. The molecule has 0 saturated carbocycles. The summed E-state index contributed by atoms with van der Waals surface area (Å²) in [5.74, 6) is 0.574. The van der Waals surface area contributed by atoms with E-state index in [1.807, 2.05) is 0 Å². The van der Waals surface area contributed by atoms with E-state index in [1.54, 1.807) is 0 Å². The van der Waals surface area contributed by atoms with Crippen LogP contribution in [-0.4, -0.2) is 27.8 Å². The number of carbonyl (C=O) groups excluding carboxylic acids is 1. The van der Waals surface area contributed by atoms with E-state index in [0.717, 1.165) is 51.4 Å². The summed E-state index contributed by atoms with van der Waals surface area (Å²) in [4.78, 5) is 12.1. The van der Waals surface area contributed by atoms with Gasteiger partial charge in [0, 0.05) is 12.1 Å². The Bertz CT molecular complexity index is 466. The van der Waals surface area contributed by atoms with Crippen LogP contribution in [0.15, 0.2) is 0 Å². The van der Waals surface area contributed by atoms with Gasteiger partial charge in [-0.3, -0.25) is 0 Å². The Kier molecular flexibility index (Phi) is 24.8. The Hall–Kier alpha value is 0.430. The van der Waals surface area contributed by atoms with Crippen LogP contribution in [0.4, 0.5) is 4.79 Å². The maximum Gasteiger partial charge on any atom is 0.315 e. The van der Waals surface area contributed by atoms with Crippen LogP contribution in [0.2, 0.25) is 0 Å². The predicted octanol–water partition coefficient (Wildman–Crippen LogP) is 11.0. The highest BCUT2D eigenvalue weighted by Crippen LogP contribution is 2.28. The third-order valence-electron chi connectivity index (χ3n) is 7.50. The van der Waals surface area contributed by atoms with Gasteiger partial charge in [0.25, 0.3) is 0 Å². The number of alkyl halides is 4. The highest BCUT2D eigenvalue weighted by Gasteiger charge is 2.22. The summed E-state index contributed by atoms with van der Waals surface area (Å²) in [6.45, 7) is 8.70. The molecule has 4 unspecified atom stereocenters. The number of nitrogens with one attached hydrogen (secondary N) is 2. The Morgan fingerprint density at radius 1 is 0.528 bits per heavy atom. The molecule has 3 nitrogen and oxygen atoms in total. The van der Waals surface area contributed by atoms with Gasteiger partial charge in [-0.2, -0.15) is 0 Å². The van der Waals surface area contributed by atoms with Crippen LogP contribution >= 0.6 is 46.4 Å². The van der Waals surface area contributed by atoms with Gasteiger partial charge in [0.1, 0.15) is 9.67 Å². The summed E-state index contributed by atoms with van der Waals surface area (Å²) in [6, 6.07) is 0.175. The van der Waals surface area contributed by atoms with Crippen molar-refractivity contribution in [3.8, 4) is 0 Å². The standard InChI is InChI=1S/C29H56Cl4N2O/c1-5-9-11-13-15-17-23(27(30)31)19-21-25(7-3)34-29(36)35-26(8-4)22-20-24(28(32)33)18-16-14-12-10-6-2/h23-28H,5-22H2,1-4H3,(H2,34,35,36). The molecule has 0 spiro atoms. The smallest absolute Gasteiger partial charge is 0.315 e. The topological polar surface area (TPSA) is 41.1 Å². The van der Waals surface area contributed by atoms with E-state index in [1.165, 1.54) is 64.2 Å². The van der Waals surface area contributed by atoms with Gasteiger partial charge in [-0.25, -0.2) is 4.79 Å². The average molecular weight is 591 g/mol. The van der Waals surface area contributed by atoms with Gasteiger partial charge in [0.2, 0.25) is 0 Å². The minimum Gasteiger partial charge on any atom is -0.335 e. The van der Waals surface area contributed by atoms with E-state index in [4.69, 9.17) is 46.4 Å². The normalized spacial score (nSPS) is 15.2. The molecule has 216 valence electrons. The van der Waals surface area contributed by atoms with E-state index in [2.05, 4.69) is 38.3 Å². The molecule has 0 saturated heterocycles. The van der Waals surface area contributed by atoms with E-state index >= 15 is 0 Å². The molecule has 0 aromatic rings. The van der Waals surface area contributed by atoms with Gasteiger partial charge >= 0.3 is 6.03 Å². The maximum atomic E-state index is 12.8. The lowest BCUT2D eigenvalue weighted by molar-refractivity contribution is 0.228. The zero-order chi connectivity index (χ0) is 27.2. The van der Waals surface area contributed by atoms with Crippen molar-refractivity contribution in [3.05, 3.63) is 0 Å². The average Bonchev–Trinajstić information content (AvgIpc) is 2.85. The molecular weight excluding hydrogens is 534 g/mol. The number of amides is 2. The second kappa shape index (κ2) is 24.5. The Balaban J connectivity index is 4.49. The van der Waals surface area contributed by atoms with Crippen molar-refractivity contribution in [1.82, 2.24) is 10.6 Å². The Morgan fingerprint density at radius 2 is 0.889 bits per heavy atom. The van der Waals surface area contributed by atoms with E-state index in [-0.39, 0.29) is 39.6 Å². The number of halogens is 4. The molecule has 0 bridgehead atoms. The highest BCUT2D eigenvalue weighted by atomic mass is 35.5. The van der Waals surface area contributed by atoms with Crippen LogP contribution in [0, 0.1) is 11.8 Å². The van der Waals surface area contributed by atoms with Gasteiger partial charge in [-0.05, 0) is 63.2 Å². The van der Waals surface area contributed by atoms with Gasteiger partial charge in [0.15, 0.2) is 0 Å². The molecule has 36 heavy (non-hydrogen) atoms. The Morgan fingerprint density at radius 3 is 1.19 bits per heavy atom. The fourth-order valence-corrected chi connectivity index (χ4v) is 5.82. The van der Waals surface area contributed by atoms with Crippen LogP contribution in [-0.2, 0) is 0 Å². The number of urea groups is 1. The van der Waals surface area contributed by atoms with Gasteiger partial charge in [-0.1, -0.05) is 91.9 Å². The summed E-state index contributed by atoms with van der Waals surface area (Å²) >= 11 is 25.1. The SMILES string of the molecule is CCCCCCCC(CCC(CC)NC(=O)NC(CC)CCC(CCCCCCC)C(Cl)Cl)C(Cl)Cl. The fourth-order valence-electron chi connectivity index (χ4n) is 4.81. The number of unbranched alkanes of at least 4 members (excludes halogenated alkanes) is 8. The number of hydrogen-bond donors (Lipinski definition) is 2. The molecule has 0 rings (SSSR count). The lowest BCUT2D eigenvalue weighted by Crippen LogP contribution is -2.46. The van der Waals surface area contributed by atoms with Crippen LogP contribution in [0.3, 0.4) is 0 Å². The second-order valence-corrected chi connectivity index (χ2v) is 12.9. The summed E-state index contributed by atoms with van der Waals surface area (Å²) in [7, 11) is 0. The maximum absolute atomic E-state index is 12.8. The molecule has 0 aliphatic rings. The lowest BCUT2D eigenvalue weighted by atomic mass is 9.94. The van der Waals surface area contributed by atoms with Crippen molar-refractivity contribution in [2.75, 3.05) is 0 Å². The zero-order valence-electron chi connectivity index (χ0n) is 23.6. The van der Waals surface area contributed by atoms with Crippen LogP contribution in [0.25, 0.3) is 0 Å². The molecule has 7 heteroatoms. The summed E-state index contributed by atoms with van der Waals surface area (Å²) in [5, 5.41) is 6.37. The molecule has 0 aromatic heterocycles. The van der Waals surface area contributed by atoms with Crippen molar-refractivity contribution >= 4 is 52.4 Å². The number of carbonyl (C=O) groups is 1. The molecule has 0 heterocycles. The van der Waals surface area contributed by atoms with Crippen LogP contribution in [0.1, 0.15) is 143 Å². The van der Waals surface area contributed by atoms with Gasteiger partial charge < -0.3 is 10.6 Å². The van der Waals surface area contributed by atoms with Gasteiger partial charge in [0.05, 0.1) is 0 Å². The summed E-state index contributed by atoms with van der Waals surface area (Å²) in [6.07, 6.45) is 20.1. The predicted molar refractivity (Wildman–Crippen MR) is 163 cm³/mol. The van der Waals surface area contributed by atoms with Crippen molar-refractivity contribution < 1.29 is 4.79 Å². The molecule has 0 radical (unpaired) electrons. The van der Waals surface area contributed by atoms with Crippen molar-refractivity contribution in [2.45, 2.75) is 165 Å². The first-order chi connectivity index (χ1) is 17.3. The zero-order valence-corrected chi connectivity index (χ0v) is 26.6. The molecule has 2 N–H and O–H groups in total. The third kappa shape index (κ3) is 19.5. The summed E-state index contributed by atoms with van der Waals surface area (Å²) in [5.41, 5.74) is 0. The lowest BCUT2D eigenvalue weighted by Gasteiger charge is -2.25. The second-order valence-electron chi connectivity index (χ2n) is 10.6. The molecule has 0 aliphatic heterocycles. The van der Waals surface area contributed by atoms with Crippen molar-refractivity contribution in [2.24, 2.45) is 11.8 Å². The number of hydrogen-bond acceptors (Lipinski definition) is 1. The summed E-state index contributed by atoms with van der Waals surface area (Å²) < 4.78 is 0. The first-order valence-electron chi connectivity index (χ1n) is 14.9. The molecule has 0 fully saturated rings. The molecule has 4 atom stereocenters. The first-order valence-corrected chi connectivity index (χ1v) is 16.7. The Labute approximate surface area is 243 Å². The van der Waals surface area contributed by atoms with E-state index in [9.17, 15) is 4.79 Å². The largest absolute Gasteiger partial charge is 0.335 e. The highest BCUT2D eigenvalue weighted by molar-refractivity contribution is 6.44. The fraction of sp³-hybridized carbons (Fsp3) is 0.966. The molecule has 0 aromatic carbocycles. The minimum atomic E-state index is -0.348. The third-order valence-corrected chi connectivity index (χ3v) is 8.92. The van der Waals surface area contributed by atoms with Crippen molar-refractivity contribution in [1.29, 1.82) is 0 Å². The first kappa shape index (κ1) is 36.4. The van der Waals surface area contributed by atoms with Crippen molar-refractivity contribution in [3.63, 3.8) is 0 Å². The van der Waals surface area contributed by atoms with Crippen LogP contribution < -0.4 is 10.6 Å². The monoisotopic (exact) mass is 588 g/mol. The quantitative estimate of drug-likeness (QED) is 0.0852. The number of rotatable bonds is 24. The van der Waals surface area contributed by atoms with E-state index < -0.39 is 0 Å². The minimum absolute atomic E-state index is 0.0810. The van der Waals surface area contributed by atoms with E-state index in [0.29, 0.717) is 0 Å². The van der Waals surface area contributed by atoms with Gasteiger partial charge in [-0.15, -0.1) is 46.4 Å².